The van der Waals surface area contributed by atoms with Crippen molar-refractivity contribution in [2.75, 3.05) is 32.2 Å². The Balaban J connectivity index is 2.58. The van der Waals surface area contributed by atoms with Gasteiger partial charge >= 0.3 is 0 Å². The molecule has 0 atom stereocenters. The van der Waals surface area contributed by atoms with Crippen LogP contribution in [0.5, 0.6) is 0 Å². The Bertz CT molecular complexity index is 320. The van der Waals surface area contributed by atoms with E-state index in [0.717, 1.165) is 0 Å². The van der Waals surface area contributed by atoms with Crippen LogP contribution >= 0.6 is 10.7 Å². The van der Waals surface area contributed by atoms with E-state index in [1.807, 2.05) is 0 Å². The molecule has 0 aromatic heterocycles. The molecule has 0 saturated carbocycles. The highest BCUT2D eigenvalue weighted by molar-refractivity contribution is 8.13. The standard InChI is InChI=1S/C11H21ClO4S/c1-10(2)7-16-8-11(9-17(12,13)14)3-5-15-6-4-11/h10H,3-9H2,1-2H3. The van der Waals surface area contributed by atoms with Crippen LogP contribution in [0.2, 0.25) is 0 Å². The van der Waals surface area contributed by atoms with Crippen molar-refractivity contribution in [1.29, 1.82) is 0 Å². The molecule has 1 heterocycles. The zero-order valence-corrected chi connectivity index (χ0v) is 12.0. The fraction of sp³-hybridized carbons (Fsp3) is 1.00. The average Bonchev–Trinajstić information content (AvgIpc) is 2.15. The summed E-state index contributed by atoms with van der Waals surface area (Å²) in [5, 5.41) is 0. The van der Waals surface area contributed by atoms with Gasteiger partial charge in [0.25, 0.3) is 0 Å². The van der Waals surface area contributed by atoms with Gasteiger partial charge in [0, 0.05) is 35.9 Å². The van der Waals surface area contributed by atoms with E-state index < -0.39 is 9.05 Å². The minimum absolute atomic E-state index is 0.0248. The van der Waals surface area contributed by atoms with Gasteiger partial charge < -0.3 is 9.47 Å². The first-order chi connectivity index (χ1) is 7.83. The van der Waals surface area contributed by atoms with Crippen LogP contribution in [0.25, 0.3) is 0 Å². The minimum atomic E-state index is -3.50. The lowest BCUT2D eigenvalue weighted by Crippen LogP contribution is -2.39. The summed E-state index contributed by atoms with van der Waals surface area (Å²) >= 11 is 0. The number of halogens is 1. The highest BCUT2D eigenvalue weighted by Gasteiger charge is 2.37. The normalized spacial score (nSPS) is 20.7. The molecule has 1 rings (SSSR count). The third-order valence-electron chi connectivity index (χ3n) is 2.89. The molecule has 0 amide bonds. The molecule has 1 saturated heterocycles. The van der Waals surface area contributed by atoms with Gasteiger partial charge in [-0.2, -0.15) is 0 Å². The Morgan fingerprint density at radius 3 is 2.41 bits per heavy atom. The fourth-order valence-corrected chi connectivity index (χ4v) is 3.81. The molecular formula is C11H21ClO4S. The Labute approximate surface area is 108 Å². The number of rotatable bonds is 6. The Kier molecular flexibility index (Phi) is 5.70. The number of hydrogen-bond donors (Lipinski definition) is 0. The Morgan fingerprint density at radius 2 is 1.94 bits per heavy atom. The van der Waals surface area contributed by atoms with Crippen LogP contribution in [0.4, 0.5) is 0 Å². The van der Waals surface area contributed by atoms with E-state index in [4.69, 9.17) is 20.2 Å². The highest BCUT2D eigenvalue weighted by Crippen LogP contribution is 2.33. The van der Waals surface area contributed by atoms with Crippen LogP contribution in [0.3, 0.4) is 0 Å². The first kappa shape index (κ1) is 15.2. The van der Waals surface area contributed by atoms with Crippen LogP contribution in [-0.2, 0) is 18.5 Å². The topological polar surface area (TPSA) is 52.6 Å². The fourth-order valence-electron chi connectivity index (χ4n) is 2.01. The van der Waals surface area contributed by atoms with Gasteiger partial charge in [-0.05, 0) is 18.8 Å². The quantitative estimate of drug-likeness (QED) is 0.700. The molecule has 0 unspecified atom stereocenters. The third-order valence-corrected chi connectivity index (χ3v) is 4.18. The molecule has 102 valence electrons. The highest BCUT2D eigenvalue weighted by atomic mass is 35.7. The maximum absolute atomic E-state index is 11.3. The Morgan fingerprint density at radius 1 is 1.35 bits per heavy atom. The average molecular weight is 285 g/mol. The lowest BCUT2D eigenvalue weighted by molar-refractivity contribution is -0.0327. The summed E-state index contributed by atoms with van der Waals surface area (Å²) in [6.45, 7) is 6.38. The first-order valence-corrected chi connectivity index (χ1v) is 8.39. The molecule has 0 aromatic carbocycles. The van der Waals surface area contributed by atoms with E-state index in [9.17, 15) is 8.42 Å². The van der Waals surface area contributed by atoms with Crippen molar-refractivity contribution in [2.24, 2.45) is 11.3 Å². The van der Waals surface area contributed by atoms with Crippen molar-refractivity contribution in [3.63, 3.8) is 0 Å². The molecule has 6 heteroatoms. The molecule has 0 N–H and O–H groups in total. The maximum Gasteiger partial charge on any atom is 0.233 e. The molecule has 1 aliphatic rings. The molecule has 0 radical (unpaired) electrons. The van der Waals surface area contributed by atoms with Crippen molar-refractivity contribution in [1.82, 2.24) is 0 Å². The minimum Gasteiger partial charge on any atom is -0.381 e. The summed E-state index contributed by atoms with van der Waals surface area (Å²) in [5.41, 5.74) is -0.367. The smallest absolute Gasteiger partial charge is 0.233 e. The summed E-state index contributed by atoms with van der Waals surface area (Å²) in [4.78, 5) is 0. The van der Waals surface area contributed by atoms with Gasteiger partial charge in [-0.3, -0.25) is 0 Å². The summed E-state index contributed by atoms with van der Waals surface area (Å²) < 4.78 is 33.4. The van der Waals surface area contributed by atoms with E-state index in [0.29, 0.717) is 45.2 Å². The van der Waals surface area contributed by atoms with E-state index >= 15 is 0 Å². The summed E-state index contributed by atoms with van der Waals surface area (Å²) in [6.07, 6.45) is 1.38. The second-order valence-electron chi connectivity index (χ2n) is 5.20. The predicted octanol–water partition coefficient (Wildman–Crippen LogP) is 2.02. The van der Waals surface area contributed by atoms with Gasteiger partial charge in [-0.1, -0.05) is 13.8 Å². The van der Waals surface area contributed by atoms with E-state index in [1.165, 1.54) is 0 Å². The van der Waals surface area contributed by atoms with Gasteiger partial charge in [0.1, 0.15) is 0 Å². The van der Waals surface area contributed by atoms with Crippen LogP contribution in [0, 0.1) is 11.3 Å². The van der Waals surface area contributed by atoms with E-state index in [-0.39, 0.29) is 11.2 Å². The van der Waals surface area contributed by atoms with Gasteiger partial charge in [0.05, 0.1) is 12.4 Å². The predicted molar refractivity (Wildman–Crippen MR) is 67.8 cm³/mol. The van der Waals surface area contributed by atoms with E-state index in [1.54, 1.807) is 0 Å². The van der Waals surface area contributed by atoms with Gasteiger partial charge in [0.15, 0.2) is 0 Å². The molecule has 1 fully saturated rings. The molecule has 1 aliphatic heterocycles. The molecule has 0 aliphatic carbocycles. The maximum atomic E-state index is 11.3. The van der Waals surface area contributed by atoms with Crippen molar-refractivity contribution < 1.29 is 17.9 Å². The van der Waals surface area contributed by atoms with Crippen molar-refractivity contribution in [2.45, 2.75) is 26.7 Å². The SMILES string of the molecule is CC(C)COCC1(CS(=O)(=O)Cl)CCOCC1. The molecule has 0 bridgehead atoms. The first-order valence-electron chi connectivity index (χ1n) is 5.91. The molecule has 0 aromatic rings. The second kappa shape index (κ2) is 6.36. The van der Waals surface area contributed by atoms with Crippen LogP contribution < -0.4 is 0 Å². The molecule has 17 heavy (non-hydrogen) atoms. The molecule has 0 spiro atoms. The van der Waals surface area contributed by atoms with Crippen LogP contribution in [0.15, 0.2) is 0 Å². The van der Waals surface area contributed by atoms with E-state index in [2.05, 4.69) is 13.8 Å². The molecule has 4 nitrogen and oxygen atoms in total. The number of ether oxygens (including phenoxy) is 2. The van der Waals surface area contributed by atoms with Gasteiger partial charge in [-0.25, -0.2) is 8.42 Å². The van der Waals surface area contributed by atoms with Gasteiger partial charge in [0.2, 0.25) is 9.05 Å². The monoisotopic (exact) mass is 284 g/mol. The second-order valence-corrected chi connectivity index (χ2v) is 7.98. The third kappa shape index (κ3) is 6.04. The largest absolute Gasteiger partial charge is 0.381 e. The van der Waals surface area contributed by atoms with Crippen LogP contribution in [0.1, 0.15) is 26.7 Å². The number of hydrogen-bond acceptors (Lipinski definition) is 4. The van der Waals surface area contributed by atoms with Crippen molar-refractivity contribution in [3.8, 4) is 0 Å². The summed E-state index contributed by atoms with van der Waals surface area (Å²) in [7, 11) is 1.88. The summed E-state index contributed by atoms with van der Waals surface area (Å²) in [6, 6.07) is 0. The zero-order valence-electron chi connectivity index (χ0n) is 10.4. The molecular weight excluding hydrogens is 264 g/mol. The van der Waals surface area contributed by atoms with Gasteiger partial charge in [-0.15, -0.1) is 0 Å². The Hall–Kier alpha value is 0.160. The van der Waals surface area contributed by atoms with Crippen molar-refractivity contribution >= 4 is 19.7 Å². The summed E-state index contributed by atoms with van der Waals surface area (Å²) in [5.74, 6) is 0.419. The lowest BCUT2D eigenvalue weighted by atomic mass is 9.83. The van der Waals surface area contributed by atoms with Crippen molar-refractivity contribution in [3.05, 3.63) is 0 Å². The van der Waals surface area contributed by atoms with Crippen LogP contribution in [-0.4, -0.2) is 40.6 Å². The zero-order chi connectivity index (χ0) is 12.9. The lowest BCUT2D eigenvalue weighted by Gasteiger charge is -2.36.